The largest absolute Gasteiger partial charge is 0.506 e. The number of ether oxygens (including phenoxy) is 3. The molecule has 0 saturated heterocycles. The zero-order valence-electron chi connectivity index (χ0n) is 17.9. The molecule has 3 rings (SSSR count). The van der Waals surface area contributed by atoms with Crippen molar-refractivity contribution in [3.63, 3.8) is 0 Å². The number of aliphatic hydroxyl groups is 1. The minimum absolute atomic E-state index is 0.0920. The first kappa shape index (κ1) is 23.7. The summed E-state index contributed by atoms with van der Waals surface area (Å²) >= 11 is 1.00. The number of aliphatic imine (C=N–C) groups is 1. The summed E-state index contributed by atoms with van der Waals surface area (Å²) in [5, 5.41) is 31.7. The molecular weight excluding hydrogens is 452 g/mol. The summed E-state index contributed by atoms with van der Waals surface area (Å²) in [6, 6.07) is 8.68. The molecule has 172 valence electrons. The topological polar surface area (TPSA) is 141 Å². The van der Waals surface area contributed by atoms with Crippen molar-refractivity contribution in [1.82, 2.24) is 0 Å². The standard InChI is InChI=1S/C22H20N2O8S/c1-4-32-22(27)19-20(26)18(10-12-5-8-15(24(28)29)16(25)9-12)33-21(19)23-14-7-6-13(30-2)11-17(14)31-3/h5-11,25-26H,4H2,1-3H3. The molecule has 0 fully saturated rings. The predicted molar refractivity (Wildman–Crippen MR) is 123 cm³/mol. The minimum atomic E-state index is -0.760. The van der Waals surface area contributed by atoms with Gasteiger partial charge in [0.15, 0.2) is 5.75 Å². The number of nitro benzene ring substituents is 1. The Morgan fingerprint density at radius 1 is 1.18 bits per heavy atom. The van der Waals surface area contributed by atoms with Crippen molar-refractivity contribution in [2.75, 3.05) is 20.8 Å². The van der Waals surface area contributed by atoms with E-state index in [1.165, 1.54) is 32.4 Å². The highest BCUT2D eigenvalue weighted by molar-refractivity contribution is 8.18. The van der Waals surface area contributed by atoms with Crippen molar-refractivity contribution in [1.29, 1.82) is 0 Å². The van der Waals surface area contributed by atoms with Gasteiger partial charge in [-0.2, -0.15) is 0 Å². The molecule has 0 aliphatic carbocycles. The average molecular weight is 472 g/mol. The predicted octanol–water partition coefficient (Wildman–Crippen LogP) is 4.51. The van der Waals surface area contributed by atoms with Gasteiger partial charge >= 0.3 is 11.7 Å². The Morgan fingerprint density at radius 3 is 2.55 bits per heavy atom. The van der Waals surface area contributed by atoms with Crippen molar-refractivity contribution in [2.45, 2.75) is 6.92 Å². The van der Waals surface area contributed by atoms with Crippen LogP contribution in [0.5, 0.6) is 17.2 Å². The van der Waals surface area contributed by atoms with Crippen LogP contribution in [-0.2, 0) is 9.53 Å². The van der Waals surface area contributed by atoms with Crippen LogP contribution < -0.4 is 9.47 Å². The fourth-order valence-electron chi connectivity index (χ4n) is 2.91. The third-order valence-electron chi connectivity index (χ3n) is 4.47. The van der Waals surface area contributed by atoms with Gasteiger partial charge in [-0.1, -0.05) is 11.8 Å². The number of aromatic hydroxyl groups is 1. The lowest BCUT2D eigenvalue weighted by Crippen LogP contribution is -2.12. The van der Waals surface area contributed by atoms with Crippen molar-refractivity contribution in [2.24, 2.45) is 4.99 Å². The van der Waals surface area contributed by atoms with Gasteiger partial charge in [0, 0.05) is 12.1 Å². The molecule has 1 heterocycles. The molecule has 0 unspecified atom stereocenters. The molecule has 2 aromatic carbocycles. The minimum Gasteiger partial charge on any atom is -0.506 e. The van der Waals surface area contributed by atoms with Gasteiger partial charge in [0.05, 0.1) is 30.7 Å². The summed E-state index contributed by atoms with van der Waals surface area (Å²) < 4.78 is 15.6. The summed E-state index contributed by atoms with van der Waals surface area (Å²) in [7, 11) is 2.98. The maximum Gasteiger partial charge on any atom is 0.344 e. The van der Waals surface area contributed by atoms with E-state index in [0.29, 0.717) is 22.7 Å². The number of nitro groups is 1. The molecule has 33 heavy (non-hydrogen) atoms. The molecule has 1 aliphatic rings. The summed E-state index contributed by atoms with van der Waals surface area (Å²) in [6.07, 6.45) is 1.47. The molecule has 1 aliphatic heterocycles. The molecule has 0 atom stereocenters. The van der Waals surface area contributed by atoms with Gasteiger partial charge in [-0.3, -0.25) is 10.1 Å². The average Bonchev–Trinajstić information content (AvgIpc) is 3.08. The van der Waals surface area contributed by atoms with Crippen molar-refractivity contribution >= 4 is 40.2 Å². The third-order valence-corrected chi connectivity index (χ3v) is 5.49. The van der Waals surface area contributed by atoms with Gasteiger partial charge in [0.2, 0.25) is 0 Å². The highest BCUT2D eigenvalue weighted by Crippen LogP contribution is 2.42. The molecule has 2 N–H and O–H groups in total. The van der Waals surface area contributed by atoms with E-state index in [1.807, 2.05) is 0 Å². The first-order valence-electron chi connectivity index (χ1n) is 9.57. The SMILES string of the molecule is CCOC(=O)C1=C(O)C(=Cc2ccc([N+](=O)[O-])c(O)c2)SC1=Nc1ccc(OC)cc1OC. The Labute approximate surface area is 193 Å². The molecule has 10 nitrogen and oxygen atoms in total. The fourth-order valence-corrected chi connectivity index (χ4v) is 3.94. The number of hydrogen-bond acceptors (Lipinski definition) is 10. The number of benzene rings is 2. The van der Waals surface area contributed by atoms with Crippen LogP contribution >= 0.6 is 11.8 Å². The zero-order valence-corrected chi connectivity index (χ0v) is 18.7. The van der Waals surface area contributed by atoms with E-state index in [1.54, 1.807) is 25.1 Å². The van der Waals surface area contributed by atoms with Crippen LogP contribution in [0.3, 0.4) is 0 Å². The lowest BCUT2D eigenvalue weighted by Gasteiger charge is -2.08. The number of nitrogens with zero attached hydrogens (tertiary/aromatic N) is 2. The Morgan fingerprint density at radius 2 is 1.94 bits per heavy atom. The molecule has 0 radical (unpaired) electrons. The maximum absolute atomic E-state index is 12.6. The number of esters is 1. The second kappa shape index (κ2) is 10.1. The monoisotopic (exact) mass is 472 g/mol. The van der Waals surface area contributed by atoms with Crippen LogP contribution in [0, 0.1) is 10.1 Å². The number of carbonyl (C=O) groups is 1. The highest BCUT2D eigenvalue weighted by atomic mass is 32.2. The quantitative estimate of drug-likeness (QED) is 0.338. The van der Waals surface area contributed by atoms with Gasteiger partial charge in [-0.15, -0.1) is 0 Å². The number of aliphatic hydroxyl groups excluding tert-OH is 1. The van der Waals surface area contributed by atoms with Crippen molar-refractivity contribution in [3.05, 3.63) is 68.3 Å². The highest BCUT2D eigenvalue weighted by Gasteiger charge is 2.33. The molecular formula is C22H20N2O8S. The maximum atomic E-state index is 12.6. The van der Waals surface area contributed by atoms with E-state index in [2.05, 4.69) is 4.99 Å². The van der Waals surface area contributed by atoms with Crippen LogP contribution in [0.1, 0.15) is 12.5 Å². The Kier molecular flexibility index (Phi) is 7.23. The number of rotatable bonds is 7. The van der Waals surface area contributed by atoms with Crippen LogP contribution in [0.15, 0.2) is 57.6 Å². The van der Waals surface area contributed by atoms with E-state index in [9.17, 15) is 25.1 Å². The number of hydrogen-bond donors (Lipinski definition) is 2. The Bertz CT molecular complexity index is 1200. The summed E-state index contributed by atoms with van der Waals surface area (Å²) in [6.45, 7) is 1.73. The van der Waals surface area contributed by atoms with Gasteiger partial charge in [0.25, 0.3) is 0 Å². The molecule has 0 bridgehead atoms. The van der Waals surface area contributed by atoms with E-state index >= 15 is 0 Å². The lowest BCUT2D eigenvalue weighted by molar-refractivity contribution is -0.385. The lowest BCUT2D eigenvalue weighted by atomic mass is 10.1. The Hall–Kier alpha value is -3.99. The number of phenolic OH excluding ortho intramolecular Hbond substituents is 1. The Balaban J connectivity index is 2.07. The van der Waals surface area contributed by atoms with Gasteiger partial charge < -0.3 is 24.4 Å². The zero-order chi connectivity index (χ0) is 24.1. The van der Waals surface area contributed by atoms with Crippen molar-refractivity contribution in [3.8, 4) is 17.2 Å². The van der Waals surface area contributed by atoms with Crippen molar-refractivity contribution < 1.29 is 34.1 Å². The second-order valence-electron chi connectivity index (χ2n) is 6.51. The van der Waals surface area contributed by atoms with Crippen LogP contribution in [-0.4, -0.2) is 47.0 Å². The van der Waals surface area contributed by atoms with E-state index in [0.717, 1.165) is 17.8 Å². The smallest absolute Gasteiger partial charge is 0.344 e. The molecule has 0 spiro atoms. The normalized spacial score (nSPS) is 15.7. The summed E-state index contributed by atoms with van der Waals surface area (Å²) in [5.74, 6) is -0.699. The van der Waals surface area contributed by atoms with E-state index < -0.39 is 22.3 Å². The van der Waals surface area contributed by atoms with Crippen LogP contribution in [0.4, 0.5) is 11.4 Å². The summed E-state index contributed by atoms with van der Waals surface area (Å²) in [5.41, 5.74) is 0.192. The number of phenols is 1. The number of methoxy groups -OCH3 is 2. The van der Waals surface area contributed by atoms with E-state index in [4.69, 9.17) is 14.2 Å². The number of thioether (sulfide) groups is 1. The number of carbonyl (C=O) groups excluding carboxylic acids is 1. The molecule has 2 aromatic rings. The fraction of sp³-hybridized carbons (Fsp3) is 0.182. The van der Waals surface area contributed by atoms with Gasteiger partial charge in [-0.05, 0) is 42.8 Å². The van der Waals surface area contributed by atoms with Crippen LogP contribution in [0.25, 0.3) is 6.08 Å². The van der Waals surface area contributed by atoms with Gasteiger partial charge in [-0.25, -0.2) is 9.79 Å². The van der Waals surface area contributed by atoms with Gasteiger partial charge in [0.1, 0.15) is 33.6 Å². The molecule has 0 aromatic heterocycles. The molecule has 11 heteroatoms. The van der Waals surface area contributed by atoms with E-state index in [-0.39, 0.29) is 27.9 Å². The molecule has 0 saturated carbocycles. The first-order valence-corrected chi connectivity index (χ1v) is 10.4. The first-order chi connectivity index (χ1) is 15.8. The van der Waals surface area contributed by atoms with Crippen LogP contribution in [0.2, 0.25) is 0 Å². The summed E-state index contributed by atoms with van der Waals surface area (Å²) in [4.78, 5) is 27.5. The molecule has 0 amide bonds. The third kappa shape index (κ3) is 5.09. The second-order valence-corrected chi connectivity index (χ2v) is 7.55.